The van der Waals surface area contributed by atoms with Gasteiger partial charge < -0.3 is 24.3 Å². The second-order valence-corrected chi connectivity index (χ2v) is 16.5. The molecule has 2 rings (SSSR count). The van der Waals surface area contributed by atoms with Crippen LogP contribution in [0, 0.1) is 5.82 Å². The highest BCUT2D eigenvalue weighted by molar-refractivity contribution is 7.90. The van der Waals surface area contributed by atoms with Gasteiger partial charge in [-0.05, 0) is 42.4 Å². The van der Waals surface area contributed by atoms with Gasteiger partial charge in [-0.2, -0.15) is 0 Å². The molecule has 11 heteroatoms. The molecule has 0 saturated carbocycles. The molecule has 2 N–H and O–H groups in total. The predicted molar refractivity (Wildman–Crippen MR) is 135 cm³/mol. The zero-order chi connectivity index (χ0) is 26.6. The van der Waals surface area contributed by atoms with Crippen molar-refractivity contribution < 1.29 is 36.6 Å². The molecule has 0 bridgehead atoms. The molecular formula is C24H34FNO7SSi. The minimum absolute atomic E-state index is 0.0108. The lowest BCUT2D eigenvalue weighted by Crippen LogP contribution is -2.41. The number of hydrogen-bond donors (Lipinski definition) is 2. The molecule has 1 atom stereocenters. The molecule has 0 aliphatic rings. The summed E-state index contributed by atoms with van der Waals surface area (Å²) in [5, 5.41) is 12.7. The van der Waals surface area contributed by atoms with Crippen LogP contribution in [0.2, 0.25) is 18.1 Å². The number of hydrogen-bond acceptors (Lipinski definition) is 7. The number of rotatable bonds is 11. The first-order valence-corrected chi connectivity index (χ1v) is 15.8. The number of anilines is 1. The lowest BCUT2D eigenvalue weighted by Gasteiger charge is -2.36. The van der Waals surface area contributed by atoms with Crippen LogP contribution < -0.4 is 14.8 Å². The molecule has 0 saturated heterocycles. The SMILES string of the molecule is COc1cc(NC(C(=O)O)c2ccc(F)cc2OCCO[Si](C)(C)C(C)(C)C)cc(S(C)(=O)=O)c1. The average Bonchev–Trinajstić information content (AvgIpc) is 2.73. The number of nitrogens with one attached hydrogen (secondary N) is 1. The second-order valence-electron chi connectivity index (χ2n) is 9.72. The Morgan fingerprint density at radius 1 is 1.14 bits per heavy atom. The van der Waals surface area contributed by atoms with Gasteiger partial charge in [0.25, 0.3) is 0 Å². The monoisotopic (exact) mass is 527 g/mol. The van der Waals surface area contributed by atoms with E-state index in [1.165, 1.54) is 31.4 Å². The molecule has 0 spiro atoms. The Kier molecular flexibility index (Phi) is 8.96. The number of benzene rings is 2. The lowest BCUT2D eigenvalue weighted by atomic mass is 10.0. The fourth-order valence-electron chi connectivity index (χ4n) is 2.96. The first kappa shape index (κ1) is 28.6. The summed E-state index contributed by atoms with van der Waals surface area (Å²) in [5.41, 5.74) is 0.378. The number of carboxylic acid groups (broad SMARTS) is 1. The maximum Gasteiger partial charge on any atom is 0.330 e. The van der Waals surface area contributed by atoms with Crippen LogP contribution in [0.1, 0.15) is 32.4 Å². The van der Waals surface area contributed by atoms with Crippen molar-refractivity contribution in [3.05, 3.63) is 47.8 Å². The lowest BCUT2D eigenvalue weighted by molar-refractivity contribution is -0.138. The van der Waals surface area contributed by atoms with Crippen molar-refractivity contribution in [3.63, 3.8) is 0 Å². The second kappa shape index (κ2) is 11.0. The van der Waals surface area contributed by atoms with Crippen molar-refractivity contribution in [2.24, 2.45) is 0 Å². The Morgan fingerprint density at radius 3 is 2.34 bits per heavy atom. The van der Waals surface area contributed by atoms with Crippen LogP contribution in [0.4, 0.5) is 10.1 Å². The number of halogens is 1. The Bertz CT molecular complexity index is 1160. The minimum Gasteiger partial charge on any atom is -0.497 e. The summed E-state index contributed by atoms with van der Waals surface area (Å²) in [6.45, 7) is 10.9. The van der Waals surface area contributed by atoms with E-state index < -0.39 is 36.0 Å². The van der Waals surface area contributed by atoms with Crippen molar-refractivity contribution in [3.8, 4) is 11.5 Å². The third-order valence-corrected chi connectivity index (χ3v) is 11.6. The van der Waals surface area contributed by atoms with Gasteiger partial charge in [-0.3, -0.25) is 0 Å². The molecular weight excluding hydrogens is 493 g/mol. The van der Waals surface area contributed by atoms with E-state index in [0.717, 1.165) is 18.4 Å². The molecule has 2 aromatic rings. The quantitative estimate of drug-likeness (QED) is 0.314. The molecule has 2 aromatic carbocycles. The third kappa shape index (κ3) is 7.68. The van der Waals surface area contributed by atoms with Crippen molar-refractivity contribution >= 4 is 29.8 Å². The molecule has 8 nitrogen and oxygen atoms in total. The zero-order valence-corrected chi connectivity index (χ0v) is 23.0. The van der Waals surface area contributed by atoms with Gasteiger partial charge >= 0.3 is 5.97 Å². The van der Waals surface area contributed by atoms with Gasteiger partial charge in [0.15, 0.2) is 24.2 Å². The van der Waals surface area contributed by atoms with Gasteiger partial charge in [0, 0.05) is 29.6 Å². The van der Waals surface area contributed by atoms with E-state index in [2.05, 4.69) is 39.2 Å². The standard InChI is InChI=1S/C24H34FNO7SSi/c1-24(2,3)35(6,7)33-11-10-32-21-12-16(25)8-9-20(21)22(23(27)28)26-17-13-18(31-4)15-19(14-17)34(5,29)30/h8-9,12-15,22,26H,10-11H2,1-7H3,(H,27,28). The van der Waals surface area contributed by atoms with Crippen LogP contribution in [0.25, 0.3) is 0 Å². The summed E-state index contributed by atoms with van der Waals surface area (Å²) in [7, 11) is -4.22. The van der Waals surface area contributed by atoms with E-state index in [1.54, 1.807) is 0 Å². The molecule has 0 aliphatic carbocycles. The van der Waals surface area contributed by atoms with E-state index >= 15 is 0 Å². The maximum atomic E-state index is 14.0. The zero-order valence-electron chi connectivity index (χ0n) is 21.1. The van der Waals surface area contributed by atoms with Gasteiger partial charge in [-0.1, -0.05) is 20.8 Å². The Hall–Kier alpha value is -2.63. The highest BCUT2D eigenvalue weighted by Gasteiger charge is 2.37. The van der Waals surface area contributed by atoms with Gasteiger partial charge in [0.2, 0.25) is 0 Å². The average molecular weight is 528 g/mol. The Labute approximate surface area is 207 Å². The fraction of sp³-hybridized carbons (Fsp3) is 0.458. The summed E-state index contributed by atoms with van der Waals surface area (Å²) in [5.74, 6) is -1.56. The van der Waals surface area contributed by atoms with E-state index in [0.29, 0.717) is 0 Å². The number of aliphatic carboxylic acids is 1. The highest BCUT2D eigenvalue weighted by atomic mass is 32.2. The number of ether oxygens (including phenoxy) is 2. The van der Waals surface area contributed by atoms with Gasteiger partial charge in [0.05, 0.1) is 18.6 Å². The Balaban J connectivity index is 2.32. The molecule has 0 amide bonds. The number of carbonyl (C=O) groups is 1. The molecule has 0 heterocycles. The molecule has 0 aliphatic heterocycles. The minimum atomic E-state index is -3.58. The van der Waals surface area contributed by atoms with Gasteiger partial charge in [-0.25, -0.2) is 17.6 Å². The topological polar surface area (TPSA) is 111 Å². The smallest absolute Gasteiger partial charge is 0.330 e. The fourth-order valence-corrected chi connectivity index (χ4v) is 4.66. The summed E-state index contributed by atoms with van der Waals surface area (Å²) in [6, 6.07) is 6.35. The molecule has 0 aromatic heterocycles. The summed E-state index contributed by atoms with van der Waals surface area (Å²) in [6.07, 6.45) is 1.04. The molecule has 35 heavy (non-hydrogen) atoms. The van der Waals surface area contributed by atoms with Crippen LogP contribution in [0.5, 0.6) is 11.5 Å². The van der Waals surface area contributed by atoms with Crippen LogP contribution in [0.15, 0.2) is 41.3 Å². The molecule has 0 fully saturated rings. The van der Waals surface area contributed by atoms with E-state index in [-0.39, 0.29) is 45.9 Å². The van der Waals surface area contributed by atoms with E-state index in [9.17, 15) is 22.7 Å². The predicted octanol–water partition coefficient (Wildman–Crippen LogP) is 4.88. The summed E-state index contributed by atoms with van der Waals surface area (Å²) >= 11 is 0. The van der Waals surface area contributed by atoms with E-state index in [4.69, 9.17) is 13.9 Å². The third-order valence-electron chi connectivity index (χ3n) is 6.00. The van der Waals surface area contributed by atoms with Gasteiger partial charge in [-0.15, -0.1) is 0 Å². The first-order valence-electron chi connectivity index (χ1n) is 11.0. The molecule has 0 radical (unpaired) electrons. The summed E-state index contributed by atoms with van der Waals surface area (Å²) in [4.78, 5) is 12.1. The number of methoxy groups -OCH3 is 1. The van der Waals surface area contributed by atoms with Crippen LogP contribution >= 0.6 is 0 Å². The molecule has 1 unspecified atom stereocenters. The normalized spacial score (nSPS) is 13.3. The van der Waals surface area contributed by atoms with Crippen LogP contribution in [0.3, 0.4) is 0 Å². The van der Waals surface area contributed by atoms with Crippen LogP contribution in [-0.2, 0) is 19.1 Å². The number of carboxylic acids is 1. The largest absolute Gasteiger partial charge is 0.497 e. The van der Waals surface area contributed by atoms with Crippen LogP contribution in [-0.4, -0.2) is 54.4 Å². The number of sulfone groups is 1. The molecule has 194 valence electrons. The Morgan fingerprint density at radius 2 is 1.80 bits per heavy atom. The van der Waals surface area contributed by atoms with Gasteiger partial charge in [0.1, 0.15) is 23.9 Å². The van der Waals surface area contributed by atoms with Crippen molar-refractivity contribution in [1.82, 2.24) is 0 Å². The van der Waals surface area contributed by atoms with Crippen molar-refractivity contribution in [1.29, 1.82) is 0 Å². The first-order chi connectivity index (χ1) is 16.0. The van der Waals surface area contributed by atoms with E-state index in [1.807, 2.05) is 0 Å². The van der Waals surface area contributed by atoms with Crippen molar-refractivity contribution in [2.75, 3.05) is 31.9 Å². The maximum absolute atomic E-state index is 14.0. The summed E-state index contributed by atoms with van der Waals surface area (Å²) < 4.78 is 55.1. The van der Waals surface area contributed by atoms with Crippen molar-refractivity contribution in [2.45, 2.75) is 49.8 Å². The highest BCUT2D eigenvalue weighted by Crippen LogP contribution is 2.36.